The molecule has 0 unspecified atom stereocenters. The zero-order valence-corrected chi connectivity index (χ0v) is 16.6. The summed E-state index contributed by atoms with van der Waals surface area (Å²) in [7, 11) is 0. The van der Waals surface area contributed by atoms with Crippen molar-refractivity contribution in [1.82, 2.24) is 15.3 Å². The van der Waals surface area contributed by atoms with Gasteiger partial charge >= 0.3 is 0 Å². The quantitative estimate of drug-likeness (QED) is 0.545. The number of rotatable bonds is 6. The molecular formula is C19H24ClFN6O. The normalized spacial score (nSPS) is 18.9. The summed E-state index contributed by atoms with van der Waals surface area (Å²) in [5.41, 5.74) is 6.79. The fraction of sp³-hybridized carbons (Fsp3) is 0.421. The van der Waals surface area contributed by atoms with Gasteiger partial charge in [0.25, 0.3) is 0 Å². The van der Waals surface area contributed by atoms with Gasteiger partial charge in [-0.1, -0.05) is 18.0 Å². The number of nitrogen functional groups attached to an aromatic ring is 1. The Morgan fingerprint density at radius 3 is 2.86 bits per heavy atom. The number of nitrogens with two attached hydrogens (primary N) is 1. The molecule has 3 rings (SSSR count). The minimum atomic E-state index is -0.573. The van der Waals surface area contributed by atoms with Gasteiger partial charge in [-0.15, -0.1) is 0 Å². The number of nitrogens with zero attached hydrogens (tertiary/aromatic N) is 2. The van der Waals surface area contributed by atoms with Gasteiger partial charge in [0.05, 0.1) is 22.8 Å². The summed E-state index contributed by atoms with van der Waals surface area (Å²) in [6.45, 7) is 3.83. The molecule has 0 saturated heterocycles. The van der Waals surface area contributed by atoms with Crippen molar-refractivity contribution in [3.63, 3.8) is 0 Å². The molecule has 5 N–H and O–H groups in total. The predicted octanol–water partition coefficient (Wildman–Crippen LogP) is 3.70. The van der Waals surface area contributed by atoms with E-state index in [9.17, 15) is 9.18 Å². The number of halogens is 2. The largest absolute Gasteiger partial charge is 0.398 e. The van der Waals surface area contributed by atoms with Gasteiger partial charge in [0.2, 0.25) is 11.9 Å². The Bertz CT molecular complexity index is 862. The maximum Gasteiger partial charge on any atom is 0.229 e. The Hall–Kier alpha value is -2.61. The highest BCUT2D eigenvalue weighted by molar-refractivity contribution is 6.33. The minimum Gasteiger partial charge on any atom is -0.398 e. The number of nitrogens with one attached hydrogen (secondary N) is 3. The van der Waals surface area contributed by atoms with Crippen LogP contribution in [-0.4, -0.2) is 28.0 Å². The lowest BCUT2D eigenvalue weighted by Gasteiger charge is -2.22. The van der Waals surface area contributed by atoms with Gasteiger partial charge in [-0.05, 0) is 44.9 Å². The molecular weight excluding hydrogens is 383 g/mol. The molecule has 1 amide bonds. The number of hydrogen-bond acceptors (Lipinski definition) is 6. The summed E-state index contributed by atoms with van der Waals surface area (Å²) in [5.74, 6) is -0.534. The second-order valence-electron chi connectivity index (χ2n) is 7.20. The first-order chi connectivity index (χ1) is 13.3. The van der Waals surface area contributed by atoms with Crippen molar-refractivity contribution < 1.29 is 9.18 Å². The fourth-order valence-corrected chi connectivity index (χ4v) is 3.46. The second kappa shape index (κ2) is 8.60. The molecule has 0 bridgehead atoms. The predicted molar refractivity (Wildman–Crippen MR) is 109 cm³/mol. The first-order valence-corrected chi connectivity index (χ1v) is 9.63. The van der Waals surface area contributed by atoms with Gasteiger partial charge in [-0.2, -0.15) is 4.98 Å². The smallest absolute Gasteiger partial charge is 0.229 e. The second-order valence-corrected chi connectivity index (χ2v) is 7.61. The Labute approximate surface area is 168 Å². The van der Waals surface area contributed by atoms with E-state index in [0.717, 1.165) is 25.5 Å². The molecule has 0 radical (unpaired) electrons. The van der Waals surface area contributed by atoms with Crippen LogP contribution in [0.2, 0.25) is 5.02 Å². The van der Waals surface area contributed by atoms with E-state index in [4.69, 9.17) is 17.3 Å². The number of carbonyl (C=O) groups excluding carboxylic acids is 1. The Balaban J connectivity index is 1.74. The van der Waals surface area contributed by atoms with Crippen LogP contribution in [-0.2, 0) is 4.79 Å². The number of benzene rings is 1. The highest BCUT2D eigenvalue weighted by Gasteiger charge is 2.34. The van der Waals surface area contributed by atoms with Gasteiger partial charge in [0.15, 0.2) is 11.6 Å². The van der Waals surface area contributed by atoms with Crippen LogP contribution in [0.5, 0.6) is 0 Å². The molecule has 150 valence electrons. The van der Waals surface area contributed by atoms with Gasteiger partial charge in [-0.25, -0.2) is 9.37 Å². The average molecular weight is 407 g/mol. The molecule has 0 spiro atoms. The van der Waals surface area contributed by atoms with E-state index in [1.54, 1.807) is 18.2 Å². The fourth-order valence-electron chi connectivity index (χ4n) is 3.28. The van der Waals surface area contributed by atoms with Crippen LogP contribution in [0, 0.1) is 11.7 Å². The number of aromatic nitrogens is 2. The highest BCUT2D eigenvalue weighted by Crippen LogP contribution is 2.30. The van der Waals surface area contributed by atoms with Crippen LogP contribution in [0.4, 0.5) is 27.5 Å². The Morgan fingerprint density at radius 2 is 2.14 bits per heavy atom. The van der Waals surface area contributed by atoms with E-state index in [-0.39, 0.29) is 35.7 Å². The van der Waals surface area contributed by atoms with Gasteiger partial charge < -0.3 is 21.7 Å². The number of carbonyl (C=O) groups is 1. The maximum atomic E-state index is 14.3. The van der Waals surface area contributed by atoms with Crippen molar-refractivity contribution >= 4 is 40.6 Å². The Morgan fingerprint density at radius 1 is 1.36 bits per heavy atom. The number of amides is 1. The molecule has 0 aliphatic heterocycles. The zero-order chi connectivity index (χ0) is 20.3. The summed E-state index contributed by atoms with van der Waals surface area (Å²) >= 11 is 6.02. The van der Waals surface area contributed by atoms with Crippen LogP contribution in [0.3, 0.4) is 0 Å². The zero-order valence-electron chi connectivity index (χ0n) is 15.8. The van der Waals surface area contributed by atoms with Crippen molar-refractivity contribution in [3.05, 3.63) is 35.2 Å². The lowest BCUT2D eigenvalue weighted by molar-refractivity contribution is -0.125. The van der Waals surface area contributed by atoms with Gasteiger partial charge in [0, 0.05) is 17.8 Å². The van der Waals surface area contributed by atoms with Crippen LogP contribution in [0.15, 0.2) is 24.4 Å². The monoisotopic (exact) mass is 406 g/mol. The van der Waals surface area contributed by atoms with E-state index in [1.165, 1.54) is 0 Å². The average Bonchev–Trinajstić information content (AvgIpc) is 3.09. The van der Waals surface area contributed by atoms with Crippen LogP contribution in [0.1, 0.15) is 33.1 Å². The maximum absolute atomic E-state index is 14.3. The molecule has 1 saturated carbocycles. The van der Waals surface area contributed by atoms with Crippen LogP contribution >= 0.6 is 11.6 Å². The first-order valence-electron chi connectivity index (χ1n) is 9.25. The highest BCUT2D eigenvalue weighted by atomic mass is 35.5. The summed E-state index contributed by atoms with van der Waals surface area (Å²) in [6.07, 6.45) is 3.53. The standard InChI is InChI=1S/C19H24ClFN6O/c1-10(2)24-18(28)12-4-3-5-16(12)26-17-14(21)9-23-19(27-17)25-11-6-7-15(22)13(20)8-11/h6-10,12,16H,3-5,22H2,1-2H3,(H,24,28)(H2,23,25,26,27)/t12-,16+/m0/s1. The number of anilines is 4. The summed E-state index contributed by atoms with van der Waals surface area (Å²) < 4.78 is 14.3. The Kier molecular flexibility index (Phi) is 6.18. The molecule has 28 heavy (non-hydrogen) atoms. The van der Waals surface area contributed by atoms with Crippen molar-refractivity contribution in [3.8, 4) is 0 Å². The summed E-state index contributed by atoms with van der Waals surface area (Å²) in [4.78, 5) is 20.6. The van der Waals surface area contributed by atoms with Crippen molar-refractivity contribution in [2.75, 3.05) is 16.4 Å². The van der Waals surface area contributed by atoms with E-state index >= 15 is 0 Å². The van der Waals surface area contributed by atoms with Crippen LogP contribution in [0.25, 0.3) is 0 Å². The third-order valence-electron chi connectivity index (χ3n) is 4.61. The van der Waals surface area contributed by atoms with E-state index in [0.29, 0.717) is 16.4 Å². The summed E-state index contributed by atoms with van der Waals surface area (Å²) in [5, 5.41) is 9.39. The molecule has 1 aromatic heterocycles. The van der Waals surface area contributed by atoms with Crippen molar-refractivity contribution in [2.45, 2.75) is 45.2 Å². The summed E-state index contributed by atoms with van der Waals surface area (Å²) in [6, 6.07) is 4.91. The third kappa shape index (κ3) is 4.81. The van der Waals surface area contributed by atoms with Crippen LogP contribution < -0.4 is 21.7 Å². The molecule has 1 fully saturated rings. The molecule has 7 nitrogen and oxygen atoms in total. The molecule has 2 atom stereocenters. The van der Waals surface area contributed by atoms with E-state index in [1.807, 2.05) is 13.8 Å². The lowest BCUT2D eigenvalue weighted by Crippen LogP contribution is -2.41. The molecule has 9 heteroatoms. The van der Waals surface area contributed by atoms with E-state index in [2.05, 4.69) is 25.9 Å². The third-order valence-corrected chi connectivity index (χ3v) is 4.93. The topological polar surface area (TPSA) is 105 Å². The van der Waals surface area contributed by atoms with Gasteiger partial charge in [0.1, 0.15) is 0 Å². The first kappa shape index (κ1) is 20.1. The SMILES string of the molecule is CC(C)NC(=O)[C@H]1CCC[C@H]1Nc1nc(Nc2ccc(N)c(Cl)c2)ncc1F. The lowest BCUT2D eigenvalue weighted by atomic mass is 10.0. The molecule has 1 aromatic carbocycles. The van der Waals surface area contributed by atoms with Gasteiger partial charge in [-0.3, -0.25) is 4.79 Å². The van der Waals surface area contributed by atoms with Crippen molar-refractivity contribution in [1.29, 1.82) is 0 Å². The molecule has 1 heterocycles. The molecule has 1 aliphatic rings. The van der Waals surface area contributed by atoms with E-state index < -0.39 is 5.82 Å². The van der Waals surface area contributed by atoms with Crippen molar-refractivity contribution in [2.24, 2.45) is 5.92 Å². The minimum absolute atomic E-state index is 0.0191. The molecule has 1 aliphatic carbocycles. The molecule has 2 aromatic rings. The number of hydrogen-bond donors (Lipinski definition) is 4.